The Morgan fingerprint density at radius 1 is 1.32 bits per heavy atom. The van der Waals surface area contributed by atoms with Gasteiger partial charge < -0.3 is 4.74 Å². The number of nitrogens with zero attached hydrogens (tertiary/aromatic N) is 3. The van der Waals surface area contributed by atoms with Crippen molar-refractivity contribution in [3.63, 3.8) is 0 Å². The largest absolute Gasteiger partial charge is 0.496 e. The number of rotatable bonds is 3. The highest BCUT2D eigenvalue weighted by molar-refractivity contribution is 5.69. The van der Waals surface area contributed by atoms with Crippen LogP contribution in [0.3, 0.4) is 0 Å². The molecular weight excluding hydrogens is 238 g/mol. The lowest BCUT2D eigenvalue weighted by Gasteiger charge is -2.12. The van der Waals surface area contributed by atoms with E-state index in [1.54, 1.807) is 17.9 Å². The first-order valence-corrected chi connectivity index (χ1v) is 6.19. The molecule has 0 spiro atoms. The molecule has 0 unspecified atom stereocenters. The van der Waals surface area contributed by atoms with E-state index in [4.69, 9.17) is 10.00 Å². The minimum Gasteiger partial charge on any atom is -0.496 e. The summed E-state index contributed by atoms with van der Waals surface area (Å²) in [6.45, 7) is 4.29. The SMILES string of the molecule is COc1cc(C(C)C)ccc1-c1cc(C#N)nn1C. The second kappa shape index (κ2) is 5.15. The summed E-state index contributed by atoms with van der Waals surface area (Å²) >= 11 is 0. The Morgan fingerprint density at radius 2 is 2.05 bits per heavy atom. The van der Waals surface area contributed by atoms with Crippen molar-refractivity contribution in [2.24, 2.45) is 7.05 Å². The number of aromatic nitrogens is 2. The lowest BCUT2D eigenvalue weighted by molar-refractivity contribution is 0.415. The average Bonchev–Trinajstić information content (AvgIpc) is 2.79. The summed E-state index contributed by atoms with van der Waals surface area (Å²) in [5.74, 6) is 1.25. The Kier molecular flexibility index (Phi) is 3.57. The van der Waals surface area contributed by atoms with Crippen molar-refractivity contribution >= 4 is 0 Å². The van der Waals surface area contributed by atoms with Crippen molar-refractivity contribution in [2.45, 2.75) is 19.8 Å². The van der Waals surface area contributed by atoms with Gasteiger partial charge in [-0.1, -0.05) is 19.9 Å². The Bertz CT molecular complexity index is 635. The van der Waals surface area contributed by atoms with Crippen LogP contribution in [0.15, 0.2) is 24.3 Å². The van der Waals surface area contributed by atoms with Crippen molar-refractivity contribution in [3.05, 3.63) is 35.5 Å². The highest BCUT2D eigenvalue weighted by atomic mass is 16.5. The maximum atomic E-state index is 8.91. The maximum Gasteiger partial charge on any atom is 0.163 e. The zero-order valence-corrected chi connectivity index (χ0v) is 11.6. The van der Waals surface area contributed by atoms with Gasteiger partial charge in [0, 0.05) is 18.7 Å². The third-order valence-electron chi connectivity index (χ3n) is 3.16. The summed E-state index contributed by atoms with van der Waals surface area (Å²) in [4.78, 5) is 0. The highest BCUT2D eigenvalue weighted by Gasteiger charge is 2.13. The van der Waals surface area contributed by atoms with Crippen molar-refractivity contribution in [3.8, 4) is 23.1 Å². The highest BCUT2D eigenvalue weighted by Crippen LogP contribution is 2.32. The summed E-state index contributed by atoms with van der Waals surface area (Å²) in [5, 5.41) is 13.0. The van der Waals surface area contributed by atoms with Crippen LogP contribution in [-0.4, -0.2) is 16.9 Å². The lowest BCUT2D eigenvalue weighted by Crippen LogP contribution is -1.97. The third-order valence-corrected chi connectivity index (χ3v) is 3.16. The molecule has 0 atom stereocenters. The van der Waals surface area contributed by atoms with Crippen LogP contribution in [-0.2, 0) is 7.05 Å². The van der Waals surface area contributed by atoms with Crippen LogP contribution in [0.25, 0.3) is 11.3 Å². The van der Waals surface area contributed by atoms with Gasteiger partial charge in [0.1, 0.15) is 11.8 Å². The van der Waals surface area contributed by atoms with E-state index in [0.29, 0.717) is 11.6 Å². The Labute approximate surface area is 113 Å². The molecule has 0 aliphatic carbocycles. The summed E-state index contributed by atoms with van der Waals surface area (Å²) in [5.41, 5.74) is 3.46. The molecule has 19 heavy (non-hydrogen) atoms. The predicted octanol–water partition coefficient (Wildman–Crippen LogP) is 3.09. The molecular formula is C15H17N3O. The molecule has 4 heteroatoms. The van der Waals surface area contributed by atoms with Gasteiger partial charge >= 0.3 is 0 Å². The van der Waals surface area contributed by atoms with E-state index >= 15 is 0 Å². The van der Waals surface area contributed by atoms with E-state index in [-0.39, 0.29) is 0 Å². The first-order chi connectivity index (χ1) is 9.06. The topological polar surface area (TPSA) is 50.8 Å². The van der Waals surface area contributed by atoms with Gasteiger partial charge in [0.15, 0.2) is 5.69 Å². The number of hydrogen-bond acceptors (Lipinski definition) is 3. The fraction of sp³-hybridized carbons (Fsp3) is 0.333. The molecule has 0 amide bonds. The van der Waals surface area contributed by atoms with Crippen molar-refractivity contribution in [1.29, 1.82) is 5.26 Å². The lowest BCUT2D eigenvalue weighted by atomic mass is 9.99. The van der Waals surface area contributed by atoms with Gasteiger partial charge in [-0.15, -0.1) is 0 Å². The minimum atomic E-state index is 0.410. The molecule has 0 saturated carbocycles. The van der Waals surface area contributed by atoms with Crippen LogP contribution in [0.2, 0.25) is 0 Å². The van der Waals surface area contributed by atoms with Crippen LogP contribution in [0.4, 0.5) is 0 Å². The Morgan fingerprint density at radius 3 is 2.58 bits per heavy atom. The molecule has 0 radical (unpaired) electrons. The van der Waals surface area contributed by atoms with E-state index in [9.17, 15) is 0 Å². The van der Waals surface area contributed by atoms with Crippen molar-refractivity contribution in [1.82, 2.24) is 9.78 Å². The quantitative estimate of drug-likeness (QED) is 0.846. The molecule has 0 fully saturated rings. The van der Waals surface area contributed by atoms with E-state index in [0.717, 1.165) is 17.0 Å². The van der Waals surface area contributed by atoms with Crippen molar-refractivity contribution < 1.29 is 4.74 Å². The van der Waals surface area contributed by atoms with Gasteiger partial charge in [-0.05, 0) is 23.6 Å². The summed E-state index contributed by atoms with van der Waals surface area (Å²) in [7, 11) is 3.48. The van der Waals surface area contributed by atoms with Crippen LogP contribution in [0.5, 0.6) is 5.75 Å². The molecule has 1 aromatic heterocycles. The second-order valence-corrected chi connectivity index (χ2v) is 4.76. The van der Waals surface area contributed by atoms with E-state index in [1.165, 1.54) is 5.56 Å². The third kappa shape index (κ3) is 2.45. The molecule has 0 saturated heterocycles. The van der Waals surface area contributed by atoms with Crippen LogP contribution in [0.1, 0.15) is 31.0 Å². The van der Waals surface area contributed by atoms with Gasteiger partial charge in [-0.3, -0.25) is 4.68 Å². The average molecular weight is 255 g/mol. The Balaban J connectivity index is 2.55. The van der Waals surface area contributed by atoms with Crippen LogP contribution < -0.4 is 4.74 Å². The van der Waals surface area contributed by atoms with Crippen molar-refractivity contribution in [2.75, 3.05) is 7.11 Å². The Hall–Kier alpha value is -2.28. The van der Waals surface area contributed by atoms with Gasteiger partial charge in [0.2, 0.25) is 0 Å². The van der Waals surface area contributed by atoms with Gasteiger partial charge in [0.25, 0.3) is 0 Å². The minimum absolute atomic E-state index is 0.410. The number of aryl methyl sites for hydroxylation is 1. The standard InChI is InChI=1S/C15H17N3O/c1-10(2)11-5-6-13(15(7-11)19-4)14-8-12(9-16)17-18(14)3/h5-8,10H,1-4H3. The molecule has 1 heterocycles. The summed E-state index contributed by atoms with van der Waals surface area (Å²) in [6.07, 6.45) is 0. The van der Waals surface area contributed by atoms with E-state index in [1.807, 2.05) is 19.2 Å². The number of benzene rings is 1. The smallest absolute Gasteiger partial charge is 0.163 e. The molecule has 0 aliphatic heterocycles. The predicted molar refractivity (Wildman–Crippen MR) is 74.0 cm³/mol. The van der Waals surface area contributed by atoms with Crippen LogP contribution >= 0.6 is 0 Å². The molecule has 0 aliphatic rings. The first kappa shape index (κ1) is 13.2. The zero-order valence-electron chi connectivity index (χ0n) is 11.6. The monoisotopic (exact) mass is 255 g/mol. The molecule has 0 bridgehead atoms. The zero-order chi connectivity index (χ0) is 14.0. The van der Waals surface area contributed by atoms with Gasteiger partial charge in [0.05, 0.1) is 12.8 Å². The number of nitriles is 1. The molecule has 4 nitrogen and oxygen atoms in total. The van der Waals surface area contributed by atoms with Gasteiger partial charge in [-0.25, -0.2) is 0 Å². The second-order valence-electron chi connectivity index (χ2n) is 4.76. The number of hydrogen-bond donors (Lipinski definition) is 0. The van der Waals surface area contributed by atoms with Crippen LogP contribution in [0, 0.1) is 11.3 Å². The molecule has 2 aromatic rings. The van der Waals surface area contributed by atoms with E-state index in [2.05, 4.69) is 31.1 Å². The molecule has 2 rings (SSSR count). The first-order valence-electron chi connectivity index (χ1n) is 6.19. The molecule has 0 N–H and O–H groups in total. The number of methoxy groups -OCH3 is 1. The van der Waals surface area contributed by atoms with E-state index < -0.39 is 0 Å². The fourth-order valence-corrected chi connectivity index (χ4v) is 2.05. The fourth-order valence-electron chi connectivity index (χ4n) is 2.05. The molecule has 1 aromatic carbocycles. The summed E-state index contributed by atoms with van der Waals surface area (Å²) in [6, 6.07) is 9.97. The van der Waals surface area contributed by atoms with Gasteiger partial charge in [-0.2, -0.15) is 10.4 Å². The summed E-state index contributed by atoms with van der Waals surface area (Å²) < 4.78 is 7.16. The maximum absolute atomic E-state index is 8.91. The number of ether oxygens (including phenoxy) is 1. The normalized spacial score (nSPS) is 10.5. The molecule has 98 valence electrons.